The number of carbonyl (C=O) groups is 3. The maximum atomic E-state index is 14.1. The highest BCUT2D eigenvalue weighted by Gasteiger charge is 2.55. The number of anilines is 1. The lowest BCUT2D eigenvalue weighted by Crippen LogP contribution is -2.68. The van der Waals surface area contributed by atoms with E-state index in [9.17, 15) is 18.8 Å². The SMILES string of the molecule is CC(C)c1ccc(N2C(=O)c3cc4cc(Cl)ccc4n3C(=O)C2(C)C(=O)NCc2cccc(F)c2)cc1. The van der Waals surface area contributed by atoms with E-state index in [4.69, 9.17) is 11.6 Å². The minimum absolute atomic E-state index is 0.0112. The minimum Gasteiger partial charge on any atom is -0.350 e. The lowest BCUT2D eigenvalue weighted by molar-refractivity contribution is -0.124. The zero-order valence-corrected chi connectivity index (χ0v) is 21.3. The Morgan fingerprint density at radius 2 is 1.76 bits per heavy atom. The number of amides is 2. The van der Waals surface area contributed by atoms with E-state index in [0.717, 1.165) is 5.56 Å². The van der Waals surface area contributed by atoms with Crippen molar-refractivity contribution < 1.29 is 18.8 Å². The molecule has 1 aliphatic heterocycles. The Bertz CT molecular complexity index is 1560. The van der Waals surface area contributed by atoms with Gasteiger partial charge in [-0.1, -0.05) is 49.7 Å². The van der Waals surface area contributed by atoms with Gasteiger partial charge in [-0.3, -0.25) is 23.9 Å². The summed E-state index contributed by atoms with van der Waals surface area (Å²) in [6, 6.07) is 19.7. The first-order chi connectivity index (χ1) is 17.6. The van der Waals surface area contributed by atoms with E-state index in [2.05, 4.69) is 19.2 Å². The van der Waals surface area contributed by atoms with Crippen LogP contribution in [0.5, 0.6) is 0 Å². The first kappa shape index (κ1) is 24.7. The van der Waals surface area contributed by atoms with Gasteiger partial charge in [0.2, 0.25) is 5.54 Å². The maximum absolute atomic E-state index is 14.1. The Hall–Kier alpha value is -3.97. The fraction of sp³-hybridized carbons (Fsp3) is 0.207. The standard InChI is InChI=1S/C29H25ClFN3O3/c1-17(2)19-7-10-23(11-8-19)34-26(35)25-15-20-14-21(30)9-12-24(20)33(25)28(37)29(34,3)27(36)32-16-18-5-4-6-22(31)13-18/h4-15,17H,16H2,1-3H3,(H,32,36). The number of nitrogens with zero attached hydrogens (tertiary/aromatic N) is 2. The zero-order valence-electron chi connectivity index (χ0n) is 20.6. The van der Waals surface area contributed by atoms with Gasteiger partial charge in [-0.05, 0) is 72.5 Å². The van der Waals surface area contributed by atoms with Crippen molar-refractivity contribution in [2.45, 2.75) is 38.8 Å². The van der Waals surface area contributed by atoms with Gasteiger partial charge >= 0.3 is 0 Å². The van der Waals surface area contributed by atoms with Gasteiger partial charge in [-0.15, -0.1) is 0 Å². The van der Waals surface area contributed by atoms with Gasteiger partial charge in [0.05, 0.1) is 5.52 Å². The molecule has 6 nitrogen and oxygen atoms in total. The minimum atomic E-state index is -1.91. The Morgan fingerprint density at radius 1 is 1.03 bits per heavy atom. The van der Waals surface area contributed by atoms with Crippen molar-refractivity contribution in [2.75, 3.05) is 4.90 Å². The van der Waals surface area contributed by atoms with Crippen LogP contribution in [0, 0.1) is 5.82 Å². The molecule has 37 heavy (non-hydrogen) atoms. The predicted octanol–water partition coefficient (Wildman–Crippen LogP) is 5.93. The third-order valence-corrected chi connectivity index (χ3v) is 7.09. The highest BCUT2D eigenvalue weighted by molar-refractivity contribution is 6.32. The lowest BCUT2D eigenvalue weighted by Gasteiger charge is -2.42. The van der Waals surface area contributed by atoms with Gasteiger partial charge < -0.3 is 5.32 Å². The molecule has 0 bridgehead atoms. The van der Waals surface area contributed by atoms with E-state index < -0.39 is 29.1 Å². The number of carbonyl (C=O) groups excluding carboxylic acids is 3. The summed E-state index contributed by atoms with van der Waals surface area (Å²) < 4.78 is 15.0. The van der Waals surface area contributed by atoms with Gasteiger partial charge in [-0.2, -0.15) is 0 Å². The van der Waals surface area contributed by atoms with Gasteiger partial charge in [-0.25, -0.2) is 4.39 Å². The largest absolute Gasteiger partial charge is 0.350 e. The summed E-state index contributed by atoms with van der Waals surface area (Å²) in [6.07, 6.45) is 0. The second kappa shape index (κ2) is 9.16. The van der Waals surface area contributed by atoms with Crippen molar-refractivity contribution in [3.63, 3.8) is 0 Å². The van der Waals surface area contributed by atoms with Crippen LogP contribution in [0.4, 0.5) is 10.1 Å². The third-order valence-electron chi connectivity index (χ3n) is 6.85. The summed E-state index contributed by atoms with van der Waals surface area (Å²) in [5.41, 5.74) is 0.715. The Kier molecular flexibility index (Phi) is 6.12. The normalized spacial score (nSPS) is 17.4. The highest BCUT2D eigenvalue weighted by atomic mass is 35.5. The molecule has 0 aliphatic carbocycles. The van der Waals surface area contributed by atoms with Crippen molar-refractivity contribution in [2.24, 2.45) is 0 Å². The zero-order chi connectivity index (χ0) is 26.5. The molecule has 1 aliphatic rings. The second-order valence-electron chi connectivity index (χ2n) is 9.64. The predicted molar refractivity (Wildman–Crippen MR) is 142 cm³/mol. The van der Waals surface area contributed by atoms with Gasteiger partial charge in [0, 0.05) is 22.6 Å². The first-order valence-corrected chi connectivity index (χ1v) is 12.3. The van der Waals surface area contributed by atoms with Crippen LogP contribution in [0.3, 0.4) is 0 Å². The highest BCUT2D eigenvalue weighted by Crippen LogP contribution is 2.37. The van der Waals surface area contributed by atoms with Crippen LogP contribution in [0.25, 0.3) is 10.9 Å². The Labute approximate surface area is 218 Å². The number of hydrogen-bond donors (Lipinski definition) is 1. The third kappa shape index (κ3) is 4.09. The molecule has 1 aromatic heterocycles. The van der Waals surface area contributed by atoms with Crippen molar-refractivity contribution in [3.05, 3.63) is 100 Å². The molecule has 5 rings (SSSR count). The fourth-order valence-electron chi connectivity index (χ4n) is 4.78. The topological polar surface area (TPSA) is 71.4 Å². The Morgan fingerprint density at radius 3 is 2.43 bits per heavy atom. The van der Waals surface area contributed by atoms with Crippen molar-refractivity contribution in [1.29, 1.82) is 0 Å². The van der Waals surface area contributed by atoms with Crippen molar-refractivity contribution in [3.8, 4) is 0 Å². The van der Waals surface area contributed by atoms with Crippen LogP contribution in [0.2, 0.25) is 5.02 Å². The first-order valence-electron chi connectivity index (χ1n) is 11.9. The molecule has 0 saturated carbocycles. The molecule has 0 saturated heterocycles. The fourth-order valence-corrected chi connectivity index (χ4v) is 4.96. The average molecular weight is 518 g/mol. The van der Waals surface area contributed by atoms with E-state index in [1.807, 2.05) is 12.1 Å². The summed E-state index contributed by atoms with van der Waals surface area (Å²) >= 11 is 6.16. The van der Waals surface area contributed by atoms with Crippen LogP contribution >= 0.6 is 11.6 Å². The number of fused-ring (bicyclic) bond motifs is 3. The van der Waals surface area contributed by atoms with Crippen LogP contribution < -0.4 is 10.2 Å². The number of benzene rings is 3. The summed E-state index contributed by atoms with van der Waals surface area (Å²) in [6.45, 7) is 5.54. The van der Waals surface area contributed by atoms with Crippen molar-refractivity contribution >= 4 is 45.9 Å². The van der Waals surface area contributed by atoms with E-state index in [0.29, 0.717) is 27.2 Å². The molecular formula is C29H25ClFN3O3. The summed E-state index contributed by atoms with van der Waals surface area (Å²) in [5.74, 6) is -1.92. The van der Waals surface area contributed by atoms with E-state index in [1.54, 1.807) is 48.5 Å². The number of hydrogen-bond acceptors (Lipinski definition) is 3. The van der Waals surface area contributed by atoms with Gasteiger partial charge in [0.15, 0.2) is 0 Å². The molecule has 3 aromatic carbocycles. The second-order valence-corrected chi connectivity index (χ2v) is 10.1. The Balaban J connectivity index is 1.63. The molecule has 1 atom stereocenters. The lowest BCUT2D eigenvalue weighted by atomic mass is 9.92. The smallest absolute Gasteiger partial charge is 0.276 e. The molecule has 1 unspecified atom stereocenters. The average Bonchev–Trinajstić information content (AvgIpc) is 3.25. The molecular weight excluding hydrogens is 493 g/mol. The number of aromatic nitrogens is 1. The van der Waals surface area contributed by atoms with Gasteiger partial charge in [0.25, 0.3) is 17.7 Å². The molecule has 2 amide bonds. The maximum Gasteiger partial charge on any atom is 0.276 e. The van der Waals surface area contributed by atoms with Crippen LogP contribution in [0.1, 0.15) is 53.1 Å². The molecule has 0 fully saturated rings. The number of rotatable bonds is 5. The quantitative estimate of drug-likeness (QED) is 0.333. The molecule has 1 N–H and O–H groups in total. The molecule has 4 aromatic rings. The van der Waals surface area contributed by atoms with Crippen molar-refractivity contribution in [1.82, 2.24) is 9.88 Å². The molecule has 0 spiro atoms. The summed E-state index contributed by atoms with van der Waals surface area (Å²) in [7, 11) is 0. The molecule has 8 heteroatoms. The molecule has 188 valence electrons. The van der Waals surface area contributed by atoms with E-state index >= 15 is 0 Å². The van der Waals surface area contributed by atoms with Crippen LogP contribution in [0.15, 0.2) is 72.8 Å². The van der Waals surface area contributed by atoms with E-state index in [-0.39, 0.29) is 18.2 Å². The van der Waals surface area contributed by atoms with E-state index in [1.165, 1.54) is 28.5 Å². The van der Waals surface area contributed by atoms with Crippen LogP contribution in [-0.2, 0) is 11.3 Å². The summed E-state index contributed by atoms with van der Waals surface area (Å²) in [4.78, 5) is 43.1. The van der Waals surface area contributed by atoms with Crippen LogP contribution in [-0.4, -0.2) is 27.8 Å². The number of nitrogens with one attached hydrogen (secondary N) is 1. The monoisotopic (exact) mass is 517 g/mol. The molecule has 2 heterocycles. The number of halogens is 2. The van der Waals surface area contributed by atoms with Gasteiger partial charge in [0.1, 0.15) is 11.5 Å². The molecule has 0 radical (unpaired) electrons. The summed E-state index contributed by atoms with van der Waals surface area (Å²) in [5, 5.41) is 3.82.